The van der Waals surface area contributed by atoms with Crippen LogP contribution in [0.25, 0.3) is 0 Å². The quantitative estimate of drug-likeness (QED) is 0.742. The van der Waals surface area contributed by atoms with Crippen molar-refractivity contribution in [2.45, 2.75) is 58.4 Å². The van der Waals surface area contributed by atoms with E-state index in [4.69, 9.17) is 4.74 Å². The Morgan fingerprint density at radius 2 is 2.05 bits per heavy atom. The molecule has 1 aliphatic rings. The van der Waals surface area contributed by atoms with Gasteiger partial charge in [0.05, 0.1) is 6.61 Å². The summed E-state index contributed by atoms with van der Waals surface area (Å²) in [5.41, 5.74) is 1.37. The van der Waals surface area contributed by atoms with Gasteiger partial charge in [-0.15, -0.1) is 0 Å². The van der Waals surface area contributed by atoms with E-state index in [1.165, 1.54) is 44.1 Å². The SMILES string of the molecule is CCNC(CCC1CCCC1)c1cccc(OCC)c1. The lowest BCUT2D eigenvalue weighted by Crippen LogP contribution is -2.21. The molecule has 0 heterocycles. The van der Waals surface area contributed by atoms with Crippen LogP contribution >= 0.6 is 0 Å². The van der Waals surface area contributed by atoms with Crippen molar-refractivity contribution in [3.63, 3.8) is 0 Å². The summed E-state index contributed by atoms with van der Waals surface area (Å²) in [7, 11) is 0. The van der Waals surface area contributed by atoms with Crippen molar-refractivity contribution in [3.8, 4) is 5.75 Å². The molecule has 1 N–H and O–H groups in total. The average Bonchev–Trinajstić information content (AvgIpc) is 2.97. The maximum absolute atomic E-state index is 5.62. The number of benzene rings is 1. The van der Waals surface area contributed by atoms with E-state index in [0.29, 0.717) is 6.04 Å². The first-order valence-electron chi connectivity index (χ1n) is 8.29. The van der Waals surface area contributed by atoms with E-state index < -0.39 is 0 Å². The minimum Gasteiger partial charge on any atom is -0.494 e. The van der Waals surface area contributed by atoms with Crippen molar-refractivity contribution in [1.82, 2.24) is 5.32 Å². The number of ether oxygens (including phenoxy) is 1. The number of nitrogens with one attached hydrogen (secondary N) is 1. The molecule has 1 aromatic carbocycles. The van der Waals surface area contributed by atoms with Gasteiger partial charge < -0.3 is 10.1 Å². The lowest BCUT2D eigenvalue weighted by molar-refractivity contribution is 0.338. The molecule has 2 nitrogen and oxygen atoms in total. The topological polar surface area (TPSA) is 21.3 Å². The Labute approximate surface area is 123 Å². The lowest BCUT2D eigenvalue weighted by atomic mass is 9.94. The smallest absolute Gasteiger partial charge is 0.119 e. The highest BCUT2D eigenvalue weighted by molar-refractivity contribution is 5.30. The first kappa shape index (κ1) is 15.4. The van der Waals surface area contributed by atoms with Gasteiger partial charge in [-0.25, -0.2) is 0 Å². The predicted octanol–water partition coefficient (Wildman–Crippen LogP) is 4.71. The zero-order chi connectivity index (χ0) is 14.2. The molecule has 1 saturated carbocycles. The van der Waals surface area contributed by atoms with E-state index in [1.54, 1.807) is 0 Å². The molecular formula is C18H29NO. The third-order valence-corrected chi connectivity index (χ3v) is 4.36. The Balaban J connectivity index is 1.96. The Kier molecular flexibility index (Phi) is 6.38. The molecule has 0 amide bonds. The largest absolute Gasteiger partial charge is 0.494 e. The molecule has 0 saturated heterocycles. The van der Waals surface area contributed by atoms with Crippen molar-refractivity contribution >= 4 is 0 Å². The van der Waals surface area contributed by atoms with E-state index in [1.807, 2.05) is 13.0 Å². The van der Waals surface area contributed by atoms with Gasteiger partial charge in [0.25, 0.3) is 0 Å². The third-order valence-electron chi connectivity index (χ3n) is 4.36. The Hall–Kier alpha value is -1.02. The second-order valence-corrected chi connectivity index (χ2v) is 5.84. The molecule has 112 valence electrons. The van der Waals surface area contributed by atoms with Gasteiger partial charge in [0.15, 0.2) is 0 Å². The second kappa shape index (κ2) is 8.31. The molecule has 0 aliphatic heterocycles. The highest BCUT2D eigenvalue weighted by atomic mass is 16.5. The van der Waals surface area contributed by atoms with Gasteiger partial charge >= 0.3 is 0 Å². The molecule has 0 aromatic heterocycles. The summed E-state index contributed by atoms with van der Waals surface area (Å²) in [6, 6.07) is 9.06. The average molecular weight is 275 g/mol. The van der Waals surface area contributed by atoms with Gasteiger partial charge in [0, 0.05) is 6.04 Å². The van der Waals surface area contributed by atoms with Crippen LogP contribution in [-0.4, -0.2) is 13.2 Å². The molecule has 1 aliphatic carbocycles. The highest BCUT2D eigenvalue weighted by Gasteiger charge is 2.18. The minimum absolute atomic E-state index is 0.473. The Morgan fingerprint density at radius 1 is 1.25 bits per heavy atom. The molecule has 2 heteroatoms. The summed E-state index contributed by atoms with van der Waals surface area (Å²) >= 11 is 0. The molecule has 0 bridgehead atoms. The van der Waals surface area contributed by atoms with Crippen LogP contribution in [0.4, 0.5) is 0 Å². The Bertz CT molecular complexity index is 385. The molecule has 1 fully saturated rings. The van der Waals surface area contributed by atoms with Crippen molar-refractivity contribution in [1.29, 1.82) is 0 Å². The van der Waals surface area contributed by atoms with E-state index in [9.17, 15) is 0 Å². The molecular weight excluding hydrogens is 246 g/mol. The number of hydrogen-bond acceptors (Lipinski definition) is 2. The van der Waals surface area contributed by atoms with Crippen molar-refractivity contribution in [2.24, 2.45) is 5.92 Å². The van der Waals surface area contributed by atoms with E-state index in [2.05, 4.69) is 30.4 Å². The van der Waals surface area contributed by atoms with Crippen LogP contribution in [-0.2, 0) is 0 Å². The fourth-order valence-corrected chi connectivity index (χ4v) is 3.32. The van der Waals surface area contributed by atoms with Crippen LogP contribution in [0.3, 0.4) is 0 Å². The molecule has 0 radical (unpaired) electrons. The normalized spacial score (nSPS) is 17.3. The summed E-state index contributed by atoms with van der Waals surface area (Å²) in [5.74, 6) is 1.96. The zero-order valence-corrected chi connectivity index (χ0v) is 13.0. The Morgan fingerprint density at radius 3 is 2.75 bits per heavy atom. The van der Waals surface area contributed by atoms with Crippen molar-refractivity contribution < 1.29 is 4.74 Å². The van der Waals surface area contributed by atoms with Crippen molar-refractivity contribution in [2.75, 3.05) is 13.2 Å². The van der Waals surface area contributed by atoms with Crippen LogP contribution in [0.1, 0.15) is 64.0 Å². The third kappa shape index (κ3) is 4.52. The molecule has 20 heavy (non-hydrogen) atoms. The molecule has 1 unspecified atom stereocenters. The number of rotatable bonds is 8. The summed E-state index contributed by atoms with van der Waals surface area (Å²) < 4.78 is 5.62. The summed E-state index contributed by atoms with van der Waals surface area (Å²) in [5, 5.41) is 3.64. The van der Waals surface area contributed by atoms with Gasteiger partial charge in [0.1, 0.15) is 5.75 Å². The van der Waals surface area contributed by atoms with Gasteiger partial charge in [-0.3, -0.25) is 0 Å². The highest BCUT2D eigenvalue weighted by Crippen LogP contribution is 2.32. The van der Waals surface area contributed by atoms with Crippen LogP contribution in [0.15, 0.2) is 24.3 Å². The molecule has 1 atom stereocenters. The van der Waals surface area contributed by atoms with E-state index in [0.717, 1.165) is 24.8 Å². The van der Waals surface area contributed by atoms with Gasteiger partial charge in [-0.1, -0.05) is 44.7 Å². The van der Waals surface area contributed by atoms with Gasteiger partial charge in [-0.05, 0) is 49.9 Å². The zero-order valence-electron chi connectivity index (χ0n) is 13.0. The maximum atomic E-state index is 5.62. The summed E-state index contributed by atoms with van der Waals surface area (Å²) in [6.45, 7) is 5.98. The van der Waals surface area contributed by atoms with Crippen molar-refractivity contribution in [3.05, 3.63) is 29.8 Å². The molecule has 0 spiro atoms. The number of hydrogen-bond donors (Lipinski definition) is 1. The standard InChI is InChI=1S/C18H29NO/c1-3-19-18(13-12-15-8-5-6-9-15)16-10-7-11-17(14-16)20-4-2/h7,10-11,14-15,18-19H,3-6,8-9,12-13H2,1-2H3. The first-order valence-corrected chi connectivity index (χ1v) is 8.29. The lowest BCUT2D eigenvalue weighted by Gasteiger charge is -2.21. The summed E-state index contributed by atoms with van der Waals surface area (Å²) in [6.07, 6.45) is 8.37. The molecule has 2 rings (SSSR count). The fourth-order valence-electron chi connectivity index (χ4n) is 3.32. The van der Waals surface area contributed by atoms with Crippen LogP contribution in [0, 0.1) is 5.92 Å². The summed E-state index contributed by atoms with van der Waals surface area (Å²) in [4.78, 5) is 0. The van der Waals surface area contributed by atoms with Crippen LogP contribution < -0.4 is 10.1 Å². The fraction of sp³-hybridized carbons (Fsp3) is 0.667. The predicted molar refractivity (Wildman–Crippen MR) is 85.2 cm³/mol. The van der Waals surface area contributed by atoms with Crippen LogP contribution in [0.5, 0.6) is 5.75 Å². The van der Waals surface area contributed by atoms with E-state index in [-0.39, 0.29) is 0 Å². The molecule has 1 aromatic rings. The van der Waals surface area contributed by atoms with Gasteiger partial charge in [0.2, 0.25) is 0 Å². The minimum atomic E-state index is 0.473. The first-order chi connectivity index (χ1) is 9.83. The van der Waals surface area contributed by atoms with Crippen LogP contribution in [0.2, 0.25) is 0 Å². The monoisotopic (exact) mass is 275 g/mol. The van der Waals surface area contributed by atoms with Gasteiger partial charge in [-0.2, -0.15) is 0 Å². The second-order valence-electron chi connectivity index (χ2n) is 5.84. The maximum Gasteiger partial charge on any atom is 0.119 e. The van der Waals surface area contributed by atoms with E-state index >= 15 is 0 Å².